The Morgan fingerprint density at radius 3 is 1.88 bits per heavy atom. The first-order chi connectivity index (χ1) is 7.36. The van der Waals surface area contributed by atoms with Crippen molar-refractivity contribution in [3.8, 4) is 0 Å². The first-order valence-corrected chi connectivity index (χ1v) is 5.86. The Morgan fingerprint density at radius 1 is 1.06 bits per heavy atom. The summed E-state index contributed by atoms with van der Waals surface area (Å²) < 4.78 is 0. The van der Waals surface area contributed by atoms with Crippen LogP contribution in [0.5, 0.6) is 0 Å². The molecule has 4 heteroatoms. The second kappa shape index (κ2) is 6.51. The summed E-state index contributed by atoms with van der Waals surface area (Å²) in [4.78, 5) is 26.7. The van der Waals surface area contributed by atoms with Gasteiger partial charge >= 0.3 is 0 Å². The Kier molecular flexibility index (Phi) is 6.08. The van der Waals surface area contributed by atoms with Gasteiger partial charge in [0.25, 0.3) is 0 Å². The van der Waals surface area contributed by atoms with E-state index in [0.717, 1.165) is 6.42 Å². The molecule has 0 N–H and O–H groups in total. The number of hydrogen-bond acceptors (Lipinski definition) is 2. The Morgan fingerprint density at radius 2 is 1.56 bits per heavy atom. The number of carbonyl (C=O) groups is 2. The minimum atomic E-state index is -0.337. The number of rotatable bonds is 5. The van der Waals surface area contributed by atoms with E-state index in [9.17, 15) is 9.59 Å². The van der Waals surface area contributed by atoms with Crippen molar-refractivity contribution in [3.63, 3.8) is 0 Å². The van der Waals surface area contributed by atoms with Crippen LogP contribution in [0.4, 0.5) is 0 Å². The summed E-state index contributed by atoms with van der Waals surface area (Å²) in [6.07, 6.45) is 1.57. The van der Waals surface area contributed by atoms with Gasteiger partial charge in [-0.25, -0.2) is 0 Å². The van der Waals surface area contributed by atoms with Crippen LogP contribution in [-0.2, 0) is 9.59 Å². The van der Waals surface area contributed by atoms with Gasteiger partial charge in [0.2, 0.25) is 11.8 Å². The molecule has 2 unspecified atom stereocenters. The Balaban J connectivity index is 4.71. The second-order valence-electron chi connectivity index (χ2n) is 4.26. The van der Waals surface area contributed by atoms with E-state index in [2.05, 4.69) is 0 Å². The third kappa shape index (κ3) is 3.51. The summed E-state index contributed by atoms with van der Waals surface area (Å²) in [5.74, 6) is -0.0488. The minimum absolute atomic E-state index is 0.0227. The number of hydrogen-bond donors (Lipinski definition) is 0. The van der Waals surface area contributed by atoms with E-state index >= 15 is 0 Å². The van der Waals surface area contributed by atoms with Gasteiger partial charge < -0.3 is 9.80 Å². The lowest BCUT2D eigenvalue weighted by Crippen LogP contribution is -2.49. The van der Waals surface area contributed by atoms with E-state index in [4.69, 9.17) is 0 Å². The number of carbonyl (C=O) groups excluding carboxylic acids is 2. The highest BCUT2D eigenvalue weighted by atomic mass is 16.2. The first kappa shape index (κ1) is 14.9. The zero-order chi connectivity index (χ0) is 12.9. The highest BCUT2D eigenvalue weighted by molar-refractivity contribution is 5.86. The first-order valence-electron chi connectivity index (χ1n) is 5.86. The molecule has 0 fully saturated rings. The average molecular weight is 228 g/mol. The average Bonchev–Trinajstić information content (AvgIpc) is 2.27. The van der Waals surface area contributed by atoms with Gasteiger partial charge in [-0.2, -0.15) is 0 Å². The smallest absolute Gasteiger partial charge is 0.245 e. The minimum Gasteiger partial charge on any atom is -0.341 e. The summed E-state index contributed by atoms with van der Waals surface area (Å²) >= 11 is 0. The van der Waals surface area contributed by atoms with Crippen molar-refractivity contribution >= 4 is 11.8 Å². The zero-order valence-corrected chi connectivity index (χ0v) is 11.3. The molecule has 16 heavy (non-hydrogen) atoms. The molecule has 0 spiro atoms. The predicted molar refractivity (Wildman–Crippen MR) is 65.0 cm³/mol. The van der Waals surface area contributed by atoms with E-state index in [1.807, 2.05) is 20.8 Å². The van der Waals surface area contributed by atoms with Gasteiger partial charge in [-0.15, -0.1) is 0 Å². The molecule has 0 aliphatic rings. The maximum absolute atomic E-state index is 12.2. The third-order valence-corrected chi connectivity index (χ3v) is 3.24. The van der Waals surface area contributed by atoms with Gasteiger partial charge in [-0.05, 0) is 19.8 Å². The zero-order valence-electron chi connectivity index (χ0n) is 11.3. The van der Waals surface area contributed by atoms with Crippen molar-refractivity contribution in [2.45, 2.75) is 52.6 Å². The molecule has 0 aromatic rings. The lowest BCUT2D eigenvalue weighted by atomic mass is 10.1. The maximum atomic E-state index is 12.2. The molecule has 0 rings (SSSR count). The summed E-state index contributed by atoms with van der Waals surface area (Å²) in [6.45, 7) is 7.47. The van der Waals surface area contributed by atoms with Gasteiger partial charge in [-0.1, -0.05) is 13.8 Å². The number of amides is 2. The molecule has 0 radical (unpaired) electrons. The van der Waals surface area contributed by atoms with Gasteiger partial charge in [0.05, 0.1) is 0 Å². The van der Waals surface area contributed by atoms with Crippen LogP contribution in [-0.4, -0.2) is 47.8 Å². The summed E-state index contributed by atoms with van der Waals surface area (Å²) in [7, 11) is 3.48. The number of nitrogens with zero attached hydrogens (tertiary/aromatic N) is 2. The molecule has 2 amide bonds. The van der Waals surface area contributed by atoms with Crippen molar-refractivity contribution in [2.24, 2.45) is 0 Å². The molecule has 94 valence electrons. The van der Waals surface area contributed by atoms with Crippen LogP contribution in [0.15, 0.2) is 0 Å². The molecule has 0 aliphatic carbocycles. The van der Waals surface area contributed by atoms with Crippen molar-refractivity contribution < 1.29 is 9.59 Å². The van der Waals surface area contributed by atoms with Crippen LogP contribution in [0.25, 0.3) is 0 Å². The molecule has 0 saturated heterocycles. The van der Waals surface area contributed by atoms with Crippen molar-refractivity contribution in [3.05, 3.63) is 0 Å². The quantitative estimate of drug-likeness (QED) is 0.715. The fourth-order valence-electron chi connectivity index (χ4n) is 1.56. The number of likely N-dealkylation sites (N-methyl/N-ethyl adjacent to an activating group) is 2. The second-order valence-corrected chi connectivity index (χ2v) is 4.26. The highest BCUT2D eigenvalue weighted by Crippen LogP contribution is 2.10. The fourth-order valence-corrected chi connectivity index (χ4v) is 1.56. The molecule has 0 heterocycles. The normalized spacial score (nSPS) is 14.1. The molecule has 0 saturated carbocycles. The summed E-state index contributed by atoms with van der Waals surface area (Å²) in [6, 6.07) is -0.126. The molecule has 0 aromatic heterocycles. The molecular weight excluding hydrogens is 204 g/mol. The lowest BCUT2D eigenvalue weighted by molar-refractivity contribution is -0.144. The monoisotopic (exact) mass is 228 g/mol. The van der Waals surface area contributed by atoms with Crippen LogP contribution >= 0.6 is 0 Å². The van der Waals surface area contributed by atoms with Gasteiger partial charge in [-0.3, -0.25) is 9.59 Å². The van der Waals surface area contributed by atoms with E-state index in [0.29, 0.717) is 6.42 Å². The molecule has 0 aliphatic heterocycles. The Labute approximate surface area is 98.6 Å². The fraction of sp³-hybridized carbons (Fsp3) is 0.833. The molecule has 2 atom stereocenters. The van der Waals surface area contributed by atoms with Crippen molar-refractivity contribution in [2.75, 3.05) is 14.1 Å². The van der Waals surface area contributed by atoms with Crippen LogP contribution in [0, 0.1) is 0 Å². The molecule has 0 aromatic carbocycles. The third-order valence-electron chi connectivity index (χ3n) is 3.24. The van der Waals surface area contributed by atoms with Crippen LogP contribution in [0.1, 0.15) is 40.5 Å². The van der Waals surface area contributed by atoms with Crippen LogP contribution < -0.4 is 0 Å². The highest BCUT2D eigenvalue weighted by Gasteiger charge is 2.27. The van der Waals surface area contributed by atoms with Crippen molar-refractivity contribution in [1.82, 2.24) is 9.80 Å². The molecular formula is C12H24N2O2. The van der Waals surface area contributed by atoms with Gasteiger partial charge in [0.15, 0.2) is 0 Å². The van der Waals surface area contributed by atoms with Gasteiger partial charge in [0, 0.05) is 27.1 Å². The van der Waals surface area contributed by atoms with E-state index in [1.54, 1.807) is 19.0 Å². The van der Waals surface area contributed by atoms with E-state index in [1.165, 1.54) is 11.8 Å². The Bertz CT molecular complexity index is 253. The summed E-state index contributed by atoms with van der Waals surface area (Å²) in [5, 5.41) is 0. The topological polar surface area (TPSA) is 40.6 Å². The standard InChI is InChI=1S/C12H24N2O2/c1-7-9(3)13(5)12(16)11(8-2)14(6)10(4)15/h9,11H,7-8H2,1-6H3. The molecule has 0 bridgehead atoms. The van der Waals surface area contributed by atoms with Crippen molar-refractivity contribution in [1.29, 1.82) is 0 Å². The Hall–Kier alpha value is -1.06. The molecule has 4 nitrogen and oxygen atoms in total. The summed E-state index contributed by atoms with van der Waals surface area (Å²) in [5.41, 5.74) is 0. The van der Waals surface area contributed by atoms with Crippen LogP contribution in [0.2, 0.25) is 0 Å². The van der Waals surface area contributed by atoms with E-state index in [-0.39, 0.29) is 23.9 Å². The lowest BCUT2D eigenvalue weighted by Gasteiger charge is -2.32. The SMILES string of the molecule is CCC(C)N(C)C(=O)C(CC)N(C)C(C)=O. The maximum Gasteiger partial charge on any atom is 0.245 e. The van der Waals surface area contributed by atoms with Crippen LogP contribution in [0.3, 0.4) is 0 Å². The predicted octanol–water partition coefficient (Wildman–Crippen LogP) is 1.50. The van der Waals surface area contributed by atoms with Gasteiger partial charge in [0.1, 0.15) is 6.04 Å². The van der Waals surface area contributed by atoms with E-state index < -0.39 is 0 Å². The largest absolute Gasteiger partial charge is 0.341 e.